The van der Waals surface area contributed by atoms with Crippen LogP contribution in [0.25, 0.3) is 0 Å². The smallest absolute Gasteiger partial charge is 0.262 e. The number of nitrogens with zero attached hydrogens (tertiary/aromatic N) is 3. The van der Waals surface area contributed by atoms with Gasteiger partial charge in [0, 0.05) is 18.5 Å². The first-order chi connectivity index (χ1) is 17.9. The van der Waals surface area contributed by atoms with Crippen molar-refractivity contribution in [2.24, 2.45) is 10.1 Å². The molecule has 0 spiro atoms. The van der Waals surface area contributed by atoms with Crippen molar-refractivity contribution in [3.8, 4) is 5.75 Å². The minimum atomic E-state index is -0.588. The van der Waals surface area contributed by atoms with Gasteiger partial charge in [0.25, 0.3) is 5.91 Å². The lowest BCUT2D eigenvalue weighted by molar-refractivity contribution is -0.121. The molecule has 8 heteroatoms. The van der Waals surface area contributed by atoms with E-state index in [1.807, 2.05) is 60.5 Å². The Labute approximate surface area is 220 Å². The highest BCUT2D eigenvalue weighted by atomic mass is 32.2. The number of ether oxygens (including phenoxy) is 1. The van der Waals surface area contributed by atoms with E-state index in [0.29, 0.717) is 17.3 Å². The number of amidine groups is 1. The van der Waals surface area contributed by atoms with Gasteiger partial charge in [-0.05, 0) is 54.8 Å². The zero-order valence-electron chi connectivity index (χ0n) is 21.0. The molecule has 0 aliphatic carbocycles. The molecule has 2 atom stereocenters. The van der Waals surface area contributed by atoms with Crippen LogP contribution in [0.3, 0.4) is 0 Å². The van der Waals surface area contributed by atoms with Gasteiger partial charge < -0.3 is 10.1 Å². The highest BCUT2D eigenvalue weighted by Crippen LogP contribution is 2.39. The van der Waals surface area contributed by atoms with Crippen LogP contribution < -0.4 is 10.1 Å². The summed E-state index contributed by atoms with van der Waals surface area (Å²) in [5, 5.41) is 9.55. The third kappa shape index (κ3) is 5.59. The molecule has 0 fully saturated rings. The van der Waals surface area contributed by atoms with Gasteiger partial charge in [0.2, 0.25) is 5.91 Å². The number of hydrazone groups is 1. The van der Waals surface area contributed by atoms with Crippen LogP contribution >= 0.6 is 11.8 Å². The first kappa shape index (κ1) is 24.8. The predicted molar refractivity (Wildman–Crippen MR) is 148 cm³/mol. The number of carbonyl (C=O) groups is 2. The summed E-state index contributed by atoms with van der Waals surface area (Å²) in [6.45, 7) is 4.02. The second-order valence-electron chi connectivity index (χ2n) is 9.21. The number of rotatable bonds is 6. The van der Waals surface area contributed by atoms with Crippen LogP contribution in [0.15, 0.2) is 82.9 Å². The molecule has 0 bridgehead atoms. The number of aliphatic imine (C=N–C) groups is 1. The van der Waals surface area contributed by atoms with Crippen LogP contribution in [0.1, 0.15) is 41.1 Å². The molecule has 2 unspecified atom stereocenters. The van der Waals surface area contributed by atoms with Crippen molar-refractivity contribution >= 4 is 40.1 Å². The second kappa shape index (κ2) is 10.6. The molecule has 0 saturated carbocycles. The fourth-order valence-corrected chi connectivity index (χ4v) is 5.46. The molecule has 37 heavy (non-hydrogen) atoms. The van der Waals surface area contributed by atoms with Crippen molar-refractivity contribution in [3.63, 3.8) is 0 Å². The first-order valence-electron chi connectivity index (χ1n) is 12.1. The number of thioether (sulfide) groups is 1. The predicted octanol–water partition coefficient (Wildman–Crippen LogP) is 5.49. The van der Waals surface area contributed by atoms with E-state index in [4.69, 9.17) is 9.84 Å². The fourth-order valence-electron chi connectivity index (χ4n) is 4.40. The molecular formula is C29H28N4O3S. The van der Waals surface area contributed by atoms with Gasteiger partial charge >= 0.3 is 0 Å². The number of amides is 2. The summed E-state index contributed by atoms with van der Waals surface area (Å²) in [5.74, 6) is 0.243. The number of anilines is 1. The summed E-state index contributed by atoms with van der Waals surface area (Å²) >= 11 is 1.30. The van der Waals surface area contributed by atoms with Crippen LogP contribution in [0.5, 0.6) is 5.75 Å². The van der Waals surface area contributed by atoms with E-state index in [1.54, 1.807) is 7.11 Å². The summed E-state index contributed by atoms with van der Waals surface area (Å²) in [5.41, 5.74) is 5.96. The minimum Gasteiger partial charge on any atom is -0.497 e. The third-order valence-electron chi connectivity index (χ3n) is 6.39. The number of nitrogens with one attached hydrogen (secondary N) is 1. The molecule has 7 nitrogen and oxygen atoms in total. The highest BCUT2D eigenvalue weighted by molar-refractivity contribution is 8.15. The van der Waals surface area contributed by atoms with Gasteiger partial charge in [-0.25, -0.2) is 5.01 Å². The van der Waals surface area contributed by atoms with Gasteiger partial charge in [0.1, 0.15) is 11.0 Å². The van der Waals surface area contributed by atoms with Crippen molar-refractivity contribution in [2.45, 2.75) is 38.0 Å². The zero-order chi connectivity index (χ0) is 25.9. The quantitative estimate of drug-likeness (QED) is 0.472. The number of aryl methyl sites for hydroxylation is 2. The Hall–Kier alpha value is -3.91. The van der Waals surface area contributed by atoms with Crippen LogP contribution in [-0.4, -0.2) is 40.1 Å². The summed E-state index contributed by atoms with van der Waals surface area (Å²) in [4.78, 5) is 29.8. The molecule has 1 N–H and O–H groups in total. The Morgan fingerprint density at radius 3 is 2.51 bits per heavy atom. The van der Waals surface area contributed by atoms with Crippen LogP contribution in [0, 0.1) is 13.8 Å². The molecule has 5 rings (SSSR count). The van der Waals surface area contributed by atoms with Gasteiger partial charge in [0.05, 0.1) is 18.9 Å². The molecular weight excluding hydrogens is 484 g/mol. The SMILES string of the molecule is COc1ccc(C2CC(c3ccc(C)cc3)=NN2C2=NC(=O)C(CC(=O)Nc3cccc(C)c3)S2)cc1. The maximum Gasteiger partial charge on any atom is 0.262 e. The van der Waals surface area contributed by atoms with Crippen molar-refractivity contribution in [3.05, 3.63) is 95.1 Å². The molecule has 188 valence electrons. The summed E-state index contributed by atoms with van der Waals surface area (Å²) < 4.78 is 5.32. The monoisotopic (exact) mass is 512 g/mol. The molecule has 0 saturated heterocycles. The lowest BCUT2D eigenvalue weighted by atomic mass is 9.98. The van der Waals surface area contributed by atoms with Gasteiger partial charge in [-0.1, -0.05) is 65.9 Å². The lowest BCUT2D eigenvalue weighted by Gasteiger charge is -2.23. The van der Waals surface area contributed by atoms with E-state index in [2.05, 4.69) is 41.5 Å². The third-order valence-corrected chi connectivity index (χ3v) is 7.54. The minimum absolute atomic E-state index is 0.0417. The van der Waals surface area contributed by atoms with E-state index in [0.717, 1.165) is 28.2 Å². The Kier molecular flexibility index (Phi) is 7.10. The van der Waals surface area contributed by atoms with Crippen LogP contribution in [0.4, 0.5) is 5.69 Å². The van der Waals surface area contributed by atoms with E-state index in [-0.39, 0.29) is 24.3 Å². The zero-order valence-corrected chi connectivity index (χ0v) is 21.8. The van der Waals surface area contributed by atoms with Gasteiger partial charge in [0.15, 0.2) is 5.17 Å². The van der Waals surface area contributed by atoms with Crippen molar-refractivity contribution in [2.75, 3.05) is 12.4 Å². The van der Waals surface area contributed by atoms with E-state index < -0.39 is 5.25 Å². The van der Waals surface area contributed by atoms with Crippen molar-refractivity contribution in [1.82, 2.24) is 5.01 Å². The Balaban J connectivity index is 1.35. The summed E-state index contributed by atoms with van der Waals surface area (Å²) in [6.07, 6.45) is 0.710. The Morgan fingerprint density at radius 1 is 1.05 bits per heavy atom. The fraction of sp³-hybridized carbons (Fsp3) is 0.241. The normalized spacial score (nSPS) is 19.0. The molecule has 2 aliphatic heterocycles. The average Bonchev–Trinajstić information content (AvgIpc) is 3.48. The number of carbonyl (C=O) groups excluding carboxylic acids is 2. The topological polar surface area (TPSA) is 83.4 Å². The largest absolute Gasteiger partial charge is 0.497 e. The maximum atomic E-state index is 12.8. The molecule has 0 radical (unpaired) electrons. The molecule has 0 aromatic heterocycles. The van der Waals surface area contributed by atoms with Gasteiger partial charge in [-0.3, -0.25) is 9.59 Å². The standard InChI is InChI=1S/C29H28N4O3S/c1-18-7-9-20(10-8-18)24-16-25(21-11-13-23(36-3)14-12-21)33(32-24)29-31-28(35)26(37-29)17-27(34)30-22-6-4-5-19(2)15-22/h4-15,25-26H,16-17H2,1-3H3,(H,30,34). The van der Waals surface area contributed by atoms with Gasteiger partial charge in [-0.2, -0.15) is 10.1 Å². The van der Waals surface area contributed by atoms with E-state index in [9.17, 15) is 9.59 Å². The number of methoxy groups -OCH3 is 1. The van der Waals surface area contributed by atoms with Crippen LogP contribution in [0.2, 0.25) is 0 Å². The van der Waals surface area contributed by atoms with E-state index in [1.165, 1.54) is 17.3 Å². The second-order valence-corrected chi connectivity index (χ2v) is 10.4. The molecule has 3 aromatic carbocycles. The summed E-state index contributed by atoms with van der Waals surface area (Å²) in [6, 6.07) is 23.6. The number of benzene rings is 3. The van der Waals surface area contributed by atoms with E-state index >= 15 is 0 Å². The molecule has 2 heterocycles. The molecule has 2 aliphatic rings. The Bertz CT molecular complexity index is 1380. The molecule has 3 aromatic rings. The Morgan fingerprint density at radius 2 is 1.81 bits per heavy atom. The summed E-state index contributed by atoms with van der Waals surface area (Å²) in [7, 11) is 1.64. The van der Waals surface area contributed by atoms with Gasteiger partial charge in [-0.15, -0.1) is 0 Å². The molecule has 2 amide bonds. The van der Waals surface area contributed by atoms with Crippen LogP contribution in [-0.2, 0) is 9.59 Å². The van der Waals surface area contributed by atoms with Crippen molar-refractivity contribution in [1.29, 1.82) is 0 Å². The maximum absolute atomic E-state index is 12.8. The first-order valence-corrected chi connectivity index (χ1v) is 13.0. The number of hydrogen-bond donors (Lipinski definition) is 1. The average molecular weight is 513 g/mol. The highest BCUT2D eigenvalue weighted by Gasteiger charge is 2.39. The lowest BCUT2D eigenvalue weighted by Crippen LogP contribution is -2.25. The van der Waals surface area contributed by atoms with Crippen molar-refractivity contribution < 1.29 is 14.3 Å². The number of hydrogen-bond acceptors (Lipinski definition) is 6.